The zero-order chi connectivity index (χ0) is 16.5. The molecule has 24 heavy (non-hydrogen) atoms. The molecule has 0 spiro atoms. The summed E-state index contributed by atoms with van der Waals surface area (Å²) in [5.41, 5.74) is 1.89. The predicted octanol–water partition coefficient (Wildman–Crippen LogP) is 3.56. The average Bonchev–Trinajstić information content (AvgIpc) is 2.65. The molecule has 2 aliphatic rings. The fourth-order valence-corrected chi connectivity index (χ4v) is 3.53. The standard InChI is InChI=1S/C20H21NO3/c1-2-14-13-21(11-12-23-14)20(22)19-15-7-3-5-9-17(15)24-18-10-6-4-8-16(18)19/h3-10,14,19H,2,11-13H2,1H3/t14-/m0/s1. The summed E-state index contributed by atoms with van der Waals surface area (Å²) in [5, 5.41) is 0. The Morgan fingerprint density at radius 2 is 1.71 bits per heavy atom. The lowest BCUT2D eigenvalue weighted by atomic mass is 9.86. The van der Waals surface area contributed by atoms with Crippen LogP contribution in [0.2, 0.25) is 0 Å². The van der Waals surface area contributed by atoms with E-state index in [4.69, 9.17) is 9.47 Å². The second-order valence-electron chi connectivity index (χ2n) is 6.30. The SMILES string of the molecule is CC[C@H]1CN(C(=O)C2c3ccccc3Oc3ccccc32)CCO1. The number of benzene rings is 2. The number of hydrogen-bond acceptors (Lipinski definition) is 3. The molecule has 4 rings (SSSR count). The molecule has 0 N–H and O–H groups in total. The minimum absolute atomic E-state index is 0.132. The molecule has 0 saturated carbocycles. The molecular weight excluding hydrogens is 302 g/mol. The molecule has 0 aliphatic carbocycles. The summed E-state index contributed by atoms with van der Waals surface area (Å²) in [6, 6.07) is 15.7. The van der Waals surface area contributed by atoms with E-state index in [-0.39, 0.29) is 17.9 Å². The van der Waals surface area contributed by atoms with Crippen molar-refractivity contribution in [3.8, 4) is 11.5 Å². The third-order valence-electron chi connectivity index (χ3n) is 4.83. The summed E-state index contributed by atoms with van der Waals surface area (Å²) < 4.78 is 11.7. The van der Waals surface area contributed by atoms with Gasteiger partial charge < -0.3 is 14.4 Å². The Morgan fingerprint density at radius 1 is 1.08 bits per heavy atom. The molecule has 0 radical (unpaired) electrons. The number of rotatable bonds is 2. The maximum atomic E-state index is 13.4. The predicted molar refractivity (Wildman–Crippen MR) is 91.4 cm³/mol. The first-order valence-corrected chi connectivity index (χ1v) is 8.54. The van der Waals surface area contributed by atoms with Gasteiger partial charge in [-0.3, -0.25) is 4.79 Å². The quantitative estimate of drug-likeness (QED) is 0.848. The third kappa shape index (κ3) is 2.57. The maximum absolute atomic E-state index is 13.4. The normalized spacial score (nSPS) is 20.0. The van der Waals surface area contributed by atoms with Crippen molar-refractivity contribution in [2.75, 3.05) is 19.7 Å². The van der Waals surface area contributed by atoms with Crippen LogP contribution in [0.25, 0.3) is 0 Å². The van der Waals surface area contributed by atoms with Gasteiger partial charge >= 0.3 is 0 Å². The summed E-state index contributed by atoms with van der Waals surface area (Å²) in [6.07, 6.45) is 1.05. The fraction of sp³-hybridized carbons (Fsp3) is 0.350. The largest absolute Gasteiger partial charge is 0.457 e. The van der Waals surface area contributed by atoms with E-state index in [1.54, 1.807) is 0 Å². The summed E-state index contributed by atoms with van der Waals surface area (Å²) in [6.45, 7) is 4.02. The van der Waals surface area contributed by atoms with Crippen molar-refractivity contribution in [3.63, 3.8) is 0 Å². The van der Waals surface area contributed by atoms with Crippen molar-refractivity contribution < 1.29 is 14.3 Å². The molecule has 2 heterocycles. The molecule has 4 nitrogen and oxygen atoms in total. The number of ether oxygens (including phenoxy) is 2. The topological polar surface area (TPSA) is 38.8 Å². The van der Waals surface area contributed by atoms with Gasteiger partial charge in [0.05, 0.1) is 18.6 Å². The molecule has 2 aromatic carbocycles. The van der Waals surface area contributed by atoms with Crippen LogP contribution in [-0.2, 0) is 9.53 Å². The molecule has 1 fully saturated rings. The first kappa shape index (κ1) is 15.2. The Labute approximate surface area is 142 Å². The molecule has 0 bridgehead atoms. The zero-order valence-corrected chi connectivity index (χ0v) is 13.8. The number of fused-ring (bicyclic) bond motifs is 2. The van der Waals surface area contributed by atoms with Gasteiger partial charge in [0.15, 0.2) is 0 Å². The second-order valence-corrected chi connectivity index (χ2v) is 6.30. The van der Waals surface area contributed by atoms with E-state index < -0.39 is 0 Å². The highest BCUT2D eigenvalue weighted by Crippen LogP contribution is 2.44. The van der Waals surface area contributed by atoms with Gasteiger partial charge in [-0.25, -0.2) is 0 Å². The van der Waals surface area contributed by atoms with Gasteiger partial charge in [0.25, 0.3) is 0 Å². The molecule has 1 atom stereocenters. The van der Waals surface area contributed by atoms with Crippen LogP contribution in [0.5, 0.6) is 11.5 Å². The molecule has 4 heteroatoms. The lowest BCUT2D eigenvalue weighted by Crippen LogP contribution is -2.47. The number of para-hydroxylation sites is 2. The summed E-state index contributed by atoms with van der Waals surface area (Å²) >= 11 is 0. The van der Waals surface area contributed by atoms with Crippen LogP contribution >= 0.6 is 0 Å². The van der Waals surface area contributed by atoms with Crippen LogP contribution in [-0.4, -0.2) is 36.6 Å². The highest BCUT2D eigenvalue weighted by Gasteiger charge is 2.36. The number of carbonyl (C=O) groups is 1. The van der Waals surface area contributed by atoms with Crippen LogP contribution in [0.3, 0.4) is 0 Å². The number of carbonyl (C=O) groups excluding carboxylic acids is 1. The lowest BCUT2D eigenvalue weighted by Gasteiger charge is -2.36. The first-order valence-electron chi connectivity index (χ1n) is 8.54. The Bertz CT molecular complexity index is 713. The van der Waals surface area contributed by atoms with Gasteiger partial charge in [0.2, 0.25) is 5.91 Å². The number of morpholine rings is 1. The molecule has 0 unspecified atom stereocenters. The summed E-state index contributed by atoms with van der Waals surface area (Å²) in [5.74, 6) is 1.38. The van der Waals surface area contributed by atoms with Crippen molar-refractivity contribution in [2.24, 2.45) is 0 Å². The van der Waals surface area contributed by atoms with E-state index in [1.165, 1.54) is 0 Å². The van der Waals surface area contributed by atoms with Gasteiger partial charge in [-0.2, -0.15) is 0 Å². The van der Waals surface area contributed by atoms with E-state index in [9.17, 15) is 4.79 Å². The third-order valence-corrected chi connectivity index (χ3v) is 4.83. The number of hydrogen-bond donors (Lipinski definition) is 0. The molecule has 2 aliphatic heterocycles. The van der Waals surface area contributed by atoms with Gasteiger partial charge in [0.1, 0.15) is 11.5 Å². The molecular formula is C20H21NO3. The molecule has 1 saturated heterocycles. The van der Waals surface area contributed by atoms with Gasteiger partial charge in [-0.15, -0.1) is 0 Å². The van der Waals surface area contributed by atoms with Gasteiger partial charge in [-0.1, -0.05) is 43.3 Å². The Hall–Kier alpha value is -2.33. The summed E-state index contributed by atoms with van der Waals surface area (Å²) in [4.78, 5) is 15.3. The highest BCUT2D eigenvalue weighted by atomic mass is 16.5. The first-order chi connectivity index (χ1) is 11.8. The van der Waals surface area contributed by atoms with E-state index in [0.717, 1.165) is 29.0 Å². The van der Waals surface area contributed by atoms with Gasteiger partial charge in [-0.05, 0) is 18.6 Å². The summed E-state index contributed by atoms with van der Waals surface area (Å²) in [7, 11) is 0. The minimum atomic E-state index is -0.304. The van der Waals surface area contributed by atoms with Gasteiger partial charge in [0, 0.05) is 24.2 Å². The maximum Gasteiger partial charge on any atom is 0.235 e. The number of nitrogens with zero attached hydrogens (tertiary/aromatic N) is 1. The van der Waals surface area contributed by atoms with E-state index in [2.05, 4.69) is 6.92 Å². The monoisotopic (exact) mass is 323 g/mol. The van der Waals surface area contributed by atoms with Crippen molar-refractivity contribution in [1.82, 2.24) is 4.90 Å². The zero-order valence-electron chi connectivity index (χ0n) is 13.8. The Morgan fingerprint density at radius 3 is 2.33 bits per heavy atom. The van der Waals surface area contributed by atoms with Crippen LogP contribution in [0, 0.1) is 0 Å². The van der Waals surface area contributed by atoms with Crippen molar-refractivity contribution in [2.45, 2.75) is 25.4 Å². The van der Waals surface area contributed by atoms with Crippen LogP contribution < -0.4 is 4.74 Å². The van der Waals surface area contributed by atoms with Crippen molar-refractivity contribution >= 4 is 5.91 Å². The highest BCUT2D eigenvalue weighted by molar-refractivity contribution is 5.89. The molecule has 0 aromatic heterocycles. The molecule has 1 amide bonds. The van der Waals surface area contributed by atoms with E-state index >= 15 is 0 Å². The van der Waals surface area contributed by atoms with E-state index in [0.29, 0.717) is 19.7 Å². The smallest absolute Gasteiger partial charge is 0.235 e. The van der Waals surface area contributed by atoms with Crippen molar-refractivity contribution in [1.29, 1.82) is 0 Å². The lowest BCUT2D eigenvalue weighted by molar-refractivity contribution is -0.139. The van der Waals surface area contributed by atoms with E-state index in [1.807, 2.05) is 53.4 Å². The Kier molecular flexibility index (Phi) is 3.98. The second kappa shape index (κ2) is 6.29. The van der Waals surface area contributed by atoms with Crippen molar-refractivity contribution in [3.05, 3.63) is 59.7 Å². The molecule has 124 valence electrons. The van der Waals surface area contributed by atoms with Crippen LogP contribution in [0.15, 0.2) is 48.5 Å². The number of amides is 1. The average molecular weight is 323 g/mol. The fourth-order valence-electron chi connectivity index (χ4n) is 3.53. The van der Waals surface area contributed by atoms with Crippen LogP contribution in [0.4, 0.5) is 0 Å². The minimum Gasteiger partial charge on any atom is -0.457 e. The Balaban J connectivity index is 1.73. The molecule has 2 aromatic rings. The van der Waals surface area contributed by atoms with Crippen LogP contribution in [0.1, 0.15) is 30.4 Å².